The molecule has 0 spiro atoms. The van der Waals surface area contributed by atoms with Gasteiger partial charge in [-0.15, -0.1) is 0 Å². The highest BCUT2D eigenvalue weighted by atomic mass is 16.4. The van der Waals surface area contributed by atoms with E-state index in [1.807, 2.05) is 0 Å². The summed E-state index contributed by atoms with van der Waals surface area (Å²) in [6.07, 6.45) is -1.64. The number of phenols is 2. The largest absolute Gasteiger partial charge is 0.508 e. The van der Waals surface area contributed by atoms with Gasteiger partial charge in [0.1, 0.15) is 29.6 Å². The fourth-order valence-electron chi connectivity index (χ4n) is 3.43. The van der Waals surface area contributed by atoms with E-state index in [0.717, 1.165) is 0 Å². The molecule has 2 aromatic carbocycles. The summed E-state index contributed by atoms with van der Waals surface area (Å²) in [4.78, 5) is 50.2. The predicted octanol–water partition coefficient (Wildman–Crippen LogP) is -1.88. The molecule has 0 aliphatic carbocycles. The number of rotatable bonds is 13. The number of carbonyl (C=O) groups is 4. The summed E-state index contributed by atoms with van der Waals surface area (Å²) >= 11 is 0. The molecule has 206 valence electrons. The second-order valence-electron chi connectivity index (χ2n) is 8.72. The van der Waals surface area contributed by atoms with Crippen molar-refractivity contribution in [1.29, 1.82) is 0 Å². The molecule has 3 amide bonds. The van der Waals surface area contributed by atoms with Gasteiger partial charge in [0.2, 0.25) is 17.7 Å². The fraction of sp³-hybridized carbons (Fsp3) is 0.360. The van der Waals surface area contributed by atoms with Crippen molar-refractivity contribution in [3.8, 4) is 11.5 Å². The molecule has 0 aliphatic heterocycles. The standard InChI is InChI=1S/C25H32N4O9/c1-13(31)21(25(37)38)29-24(36)20(11-15-4-8-17(33)9-5-15)28-23(35)19(27-22(34)18(26)12-30)10-14-2-6-16(32)7-3-14/h2-9,13,18-21,30-33H,10-12,26H2,1H3,(H,27,34)(H,28,35)(H,29,36)(H,37,38). The van der Waals surface area contributed by atoms with Crippen LogP contribution in [0.2, 0.25) is 0 Å². The van der Waals surface area contributed by atoms with E-state index in [1.165, 1.54) is 55.5 Å². The quantitative estimate of drug-likeness (QED) is 0.139. The summed E-state index contributed by atoms with van der Waals surface area (Å²) in [5, 5.41) is 54.5. The minimum atomic E-state index is -1.66. The van der Waals surface area contributed by atoms with Crippen molar-refractivity contribution in [2.24, 2.45) is 5.73 Å². The van der Waals surface area contributed by atoms with Crippen molar-refractivity contribution < 1.29 is 44.7 Å². The number of hydrogen-bond acceptors (Lipinski definition) is 9. The van der Waals surface area contributed by atoms with Gasteiger partial charge in [-0.25, -0.2) is 4.79 Å². The average molecular weight is 533 g/mol. The molecule has 0 aromatic heterocycles. The van der Waals surface area contributed by atoms with E-state index in [1.54, 1.807) is 0 Å². The summed E-state index contributed by atoms with van der Waals surface area (Å²) in [7, 11) is 0. The van der Waals surface area contributed by atoms with Gasteiger partial charge in [-0.2, -0.15) is 0 Å². The predicted molar refractivity (Wildman–Crippen MR) is 134 cm³/mol. The number of aliphatic carboxylic acids is 1. The van der Waals surface area contributed by atoms with Crippen LogP contribution in [0.3, 0.4) is 0 Å². The van der Waals surface area contributed by atoms with E-state index >= 15 is 0 Å². The third-order valence-corrected chi connectivity index (χ3v) is 5.60. The highest BCUT2D eigenvalue weighted by Crippen LogP contribution is 2.14. The zero-order valence-electron chi connectivity index (χ0n) is 20.6. The Morgan fingerprint density at radius 3 is 1.53 bits per heavy atom. The van der Waals surface area contributed by atoms with Gasteiger partial charge in [0.25, 0.3) is 0 Å². The van der Waals surface area contributed by atoms with Crippen LogP contribution in [0.15, 0.2) is 48.5 Å². The first-order valence-corrected chi connectivity index (χ1v) is 11.7. The molecule has 5 unspecified atom stereocenters. The number of carboxylic acids is 1. The molecule has 0 bridgehead atoms. The van der Waals surface area contributed by atoms with Crippen LogP contribution < -0.4 is 21.7 Å². The topological polar surface area (TPSA) is 232 Å². The van der Waals surface area contributed by atoms with Gasteiger partial charge in [-0.1, -0.05) is 24.3 Å². The van der Waals surface area contributed by atoms with Gasteiger partial charge in [-0.05, 0) is 42.3 Å². The number of carboxylic acid groups (broad SMARTS) is 1. The highest BCUT2D eigenvalue weighted by molar-refractivity contribution is 5.94. The number of amides is 3. The van der Waals surface area contributed by atoms with Gasteiger partial charge in [0.15, 0.2) is 6.04 Å². The number of aliphatic hydroxyl groups excluding tert-OH is 2. The second-order valence-corrected chi connectivity index (χ2v) is 8.72. The first-order chi connectivity index (χ1) is 17.9. The molecule has 0 saturated heterocycles. The lowest BCUT2D eigenvalue weighted by atomic mass is 10.0. The molecule has 0 aliphatic rings. The molecule has 38 heavy (non-hydrogen) atoms. The van der Waals surface area contributed by atoms with E-state index in [0.29, 0.717) is 11.1 Å². The van der Waals surface area contributed by atoms with Crippen LogP contribution in [0.1, 0.15) is 18.1 Å². The van der Waals surface area contributed by atoms with Crippen molar-refractivity contribution in [3.05, 3.63) is 59.7 Å². The number of aliphatic hydroxyl groups is 2. The van der Waals surface area contributed by atoms with E-state index in [4.69, 9.17) is 5.73 Å². The molecule has 10 N–H and O–H groups in total. The normalized spacial score (nSPS) is 14.8. The second kappa shape index (κ2) is 13.9. The maximum absolute atomic E-state index is 13.3. The maximum atomic E-state index is 13.3. The molecule has 5 atom stereocenters. The number of phenolic OH excluding ortho intramolecular Hbond substituents is 2. The van der Waals surface area contributed by atoms with Crippen molar-refractivity contribution in [2.45, 2.75) is 50.0 Å². The summed E-state index contributed by atoms with van der Waals surface area (Å²) in [6.45, 7) is 0.501. The molecule has 0 saturated carbocycles. The molecule has 2 aromatic rings. The third kappa shape index (κ3) is 9.03. The lowest BCUT2D eigenvalue weighted by Crippen LogP contribution is -2.59. The SMILES string of the molecule is CC(O)C(NC(=O)C(Cc1ccc(O)cc1)NC(=O)C(Cc1ccc(O)cc1)NC(=O)C(N)CO)C(=O)O. The Bertz CT molecular complexity index is 1110. The minimum Gasteiger partial charge on any atom is -0.508 e. The summed E-state index contributed by atoms with van der Waals surface area (Å²) in [5.41, 5.74) is 6.61. The van der Waals surface area contributed by atoms with Crippen molar-refractivity contribution in [1.82, 2.24) is 16.0 Å². The van der Waals surface area contributed by atoms with Crippen LogP contribution >= 0.6 is 0 Å². The van der Waals surface area contributed by atoms with Crippen LogP contribution in [0.5, 0.6) is 11.5 Å². The molecular weight excluding hydrogens is 500 g/mol. The Kier molecular flexibility index (Phi) is 11.0. The molecule has 0 fully saturated rings. The number of nitrogens with one attached hydrogen (secondary N) is 3. The fourth-order valence-corrected chi connectivity index (χ4v) is 3.43. The van der Waals surface area contributed by atoms with Crippen LogP contribution in [0.4, 0.5) is 0 Å². The molecule has 0 heterocycles. The Morgan fingerprint density at radius 1 is 0.763 bits per heavy atom. The third-order valence-electron chi connectivity index (χ3n) is 5.60. The lowest BCUT2D eigenvalue weighted by Gasteiger charge is -2.26. The van der Waals surface area contributed by atoms with E-state index < -0.39 is 60.6 Å². The number of aromatic hydroxyl groups is 2. The van der Waals surface area contributed by atoms with E-state index in [-0.39, 0.29) is 24.3 Å². The number of carbonyl (C=O) groups excluding carboxylic acids is 3. The highest BCUT2D eigenvalue weighted by Gasteiger charge is 2.32. The van der Waals surface area contributed by atoms with E-state index in [9.17, 15) is 44.7 Å². The van der Waals surface area contributed by atoms with Crippen LogP contribution in [0, 0.1) is 0 Å². The van der Waals surface area contributed by atoms with Gasteiger partial charge in [0, 0.05) is 12.8 Å². The minimum absolute atomic E-state index is 0.0159. The Balaban J connectivity index is 2.33. The lowest BCUT2D eigenvalue weighted by molar-refractivity contribution is -0.145. The molecule has 2 rings (SSSR count). The Hall–Kier alpha value is -4.20. The number of benzene rings is 2. The molecule has 13 heteroatoms. The van der Waals surface area contributed by atoms with Crippen LogP contribution in [0.25, 0.3) is 0 Å². The smallest absolute Gasteiger partial charge is 0.328 e. The number of hydrogen-bond donors (Lipinski definition) is 9. The molecule has 0 radical (unpaired) electrons. The molecular formula is C25H32N4O9. The molecule has 13 nitrogen and oxygen atoms in total. The van der Waals surface area contributed by atoms with Gasteiger partial charge in [0.05, 0.1) is 12.7 Å². The van der Waals surface area contributed by atoms with Gasteiger partial charge >= 0.3 is 5.97 Å². The van der Waals surface area contributed by atoms with E-state index in [2.05, 4.69) is 16.0 Å². The van der Waals surface area contributed by atoms with Crippen LogP contribution in [-0.4, -0.2) is 86.1 Å². The van der Waals surface area contributed by atoms with Gasteiger partial charge < -0.3 is 47.2 Å². The monoisotopic (exact) mass is 532 g/mol. The van der Waals surface area contributed by atoms with Crippen LogP contribution in [-0.2, 0) is 32.0 Å². The number of nitrogens with two attached hydrogens (primary N) is 1. The first-order valence-electron chi connectivity index (χ1n) is 11.7. The maximum Gasteiger partial charge on any atom is 0.328 e. The zero-order valence-corrected chi connectivity index (χ0v) is 20.6. The van der Waals surface area contributed by atoms with Crippen molar-refractivity contribution >= 4 is 23.7 Å². The zero-order chi connectivity index (χ0) is 28.4. The summed E-state index contributed by atoms with van der Waals surface area (Å²) in [5.74, 6) is -4.10. The Morgan fingerprint density at radius 2 is 1.16 bits per heavy atom. The summed E-state index contributed by atoms with van der Waals surface area (Å²) < 4.78 is 0. The average Bonchev–Trinajstić information content (AvgIpc) is 2.87. The Labute approximate surface area is 218 Å². The van der Waals surface area contributed by atoms with Gasteiger partial charge in [-0.3, -0.25) is 14.4 Å². The van der Waals surface area contributed by atoms with Crippen molar-refractivity contribution in [3.63, 3.8) is 0 Å². The van der Waals surface area contributed by atoms with Crippen molar-refractivity contribution in [2.75, 3.05) is 6.61 Å². The summed E-state index contributed by atoms with van der Waals surface area (Å²) in [6, 6.07) is 5.96. The first kappa shape index (κ1) is 30.0.